The number of nitrogens with zero attached hydrogens (tertiary/aromatic N) is 1. The van der Waals surface area contributed by atoms with Crippen molar-refractivity contribution in [2.45, 2.75) is 19.5 Å². The monoisotopic (exact) mass is 346 g/mol. The SMILES string of the molecule is Cc1cccc(CNC(=O)[C@H](c2ccccc2)N(C)S(C)(=O)=O)c1. The molecule has 2 rings (SSSR count). The van der Waals surface area contributed by atoms with Gasteiger partial charge in [0.1, 0.15) is 6.04 Å². The summed E-state index contributed by atoms with van der Waals surface area (Å²) in [5.41, 5.74) is 2.71. The third-order valence-electron chi connectivity index (χ3n) is 3.80. The van der Waals surface area contributed by atoms with E-state index in [1.165, 1.54) is 7.05 Å². The molecular formula is C18H22N2O3S. The molecule has 0 aliphatic heterocycles. The summed E-state index contributed by atoms with van der Waals surface area (Å²) in [6, 6.07) is 15.8. The van der Waals surface area contributed by atoms with Crippen LogP contribution in [-0.2, 0) is 21.4 Å². The number of amides is 1. The van der Waals surface area contributed by atoms with Crippen LogP contribution in [0.1, 0.15) is 22.7 Å². The van der Waals surface area contributed by atoms with Gasteiger partial charge < -0.3 is 5.32 Å². The molecular weight excluding hydrogens is 324 g/mol. The van der Waals surface area contributed by atoms with Gasteiger partial charge in [0.05, 0.1) is 6.26 Å². The summed E-state index contributed by atoms with van der Waals surface area (Å²) in [7, 11) is -2.10. The van der Waals surface area contributed by atoms with Gasteiger partial charge in [-0.1, -0.05) is 60.2 Å². The summed E-state index contributed by atoms with van der Waals surface area (Å²) in [6.45, 7) is 2.33. The van der Waals surface area contributed by atoms with Gasteiger partial charge >= 0.3 is 0 Å². The average Bonchev–Trinajstić information content (AvgIpc) is 2.53. The van der Waals surface area contributed by atoms with Crippen LogP contribution in [0.15, 0.2) is 54.6 Å². The van der Waals surface area contributed by atoms with E-state index in [1.807, 2.05) is 37.3 Å². The fourth-order valence-corrected chi connectivity index (χ4v) is 3.06. The predicted molar refractivity (Wildman–Crippen MR) is 94.8 cm³/mol. The van der Waals surface area contributed by atoms with E-state index in [0.29, 0.717) is 12.1 Å². The Morgan fingerprint density at radius 2 is 1.79 bits per heavy atom. The Balaban J connectivity index is 2.22. The first-order valence-electron chi connectivity index (χ1n) is 7.60. The Hall–Kier alpha value is -2.18. The second-order valence-corrected chi connectivity index (χ2v) is 7.84. The van der Waals surface area contributed by atoms with Crippen molar-refractivity contribution in [3.8, 4) is 0 Å². The number of rotatable bonds is 6. The lowest BCUT2D eigenvalue weighted by atomic mass is 10.1. The van der Waals surface area contributed by atoms with E-state index in [2.05, 4.69) is 5.32 Å². The van der Waals surface area contributed by atoms with Crippen molar-refractivity contribution >= 4 is 15.9 Å². The van der Waals surface area contributed by atoms with Gasteiger partial charge in [0.2, 0.25) is 15.9 Å². The highest BCUT2D eigenvalue weighted by molar-refractivity contribution is 7.88. The van der Waals surface area contributed by atoms with Gasteiger partial charge in [0.25, 0.3) is 0 Å². The molecule has 6 heteroatoms. The Kier molecular flexibility index (Phi) is 5.75. The standard InChI is InChI=1S/C18H22N2O3S/c1-14-8-7-9-15(12-14)13-19-18(21)17(20(2)24(3,22)23)16-10-5-4-6-11-16/h4-12,17H,13H2,1-3H3,(H,19,21)/t17-/m0/s1. The molecule has 0 saturated carbocycles. The molecule has 0 unspecified atom stereocenters. The van der Waals surface area contributed by atoms with E-state index in [4.69, 9.17) is 0 Å². The number of hydrogen-bond acceptors (Lipinski definition) is 3. The molecule has 0 fully saturated rings. The molecule has 0 bridgehead atoms. The third-order valence-corrected chi connectivity index (χ3v) is 5.06. The lowest BCUT2D eigenvalue weighted by Gasteiger charge is -2.25. The van der Waals surface area contributed by atoms with Crippen LogP contribution in [-0.4, -0.2) is 31.9 Å². The van der Waals surface area contributed by atoms with Crippen molar-refractivity contribution in [2.24, 2.45) is 0 Å². The van der Waals surface area contributed by atoms with Crippen molar-refractivity contribution in [1.29, 1.82) is 0 Å². The zero-order valence-corrected chi connectivity index (χ0v) is 14.9. The number of sulfonamides is 1. The fourth-order valence-electron chi connectivity index (χ4n) is 2.46. The first-order chi connectivity index (χ1) is 11.3. The molecule has 0 saturated heterocycles. The van der Waals surface area contributed by atoms with Crippen LogP contribution in [0.25, 0.3) is 0 Å². The van der Waals surface area contributed by atoms with Crippen molar-refractivity contribution in [1.82, 2.24) is 9.62 Å². The normalized spacial score (nSPS) is 12.8. The third kappa shape index (κ3) is 4.66. The molecule has 1 N–H and O–H groups in total. The molecule has 5 nitrogen and oxygen atoms in total. The minimum atomic E-state index is -3.51. The van der Waals surface area contributed by atoms with Crippen LogP contribution in [0.4, 0.5) is 0 Å². The van der Waals surface area contributed by atoms with Gasteiger partial charge in [0, 0.05) is 13.6 Å². The number of carbonyl (C=O) groups is 1. The van der Waals surface area contributed by atoms with Gasteiger partial charge in [0.15, 0.2) is 0 Å². The smallest absolute Gasteiger partial charge is 0.243 e. The lowest BCUT2D eigenvalue weighted by molar-refractivity contribution is -0.124. The highest BCUT2D eigenvalue weighted by atomic mass is 32.2. The quantitative estimate of drug-likeness (QED) is 0.872. The maximum Gasteiger partial charge on any atom is 0.243 e. The second-order valence-electron chi connectivity index (χ2n) is 5.80. The zero-order valence-electron chi connectivity index (χ0n) is 14.1. The lowest BCUT2D eigenvalue weighted by Crippen LogP contribution is -2.41. The molecule has 2 aromatic rings. The summed E-state index contributed by atoms with van der Waals surface area (Å²) in [5.74, 6) is -0.351. The van der Waals surface area contributed by atoms with Crippen molar-refractivity contribution in [3.63, 3.8) is 0 Å². The predicted octanol–water partition coefficient (Wildman–Crippen LogP) is 2.24. The number of aryl methyl sites for hydroxylation is 1. The summed E-state index contributed by atoms with van der Waals surface area (Å²) in [4.78, 5) is 12.7. The summed E-state index contributed by atoms with van der Waals surface area (Å²) < 4.78 is 24.9. The molecule has 0 aliphatic rings. The number of carbonyl (C=O) groups excluding carboxylic acids is 1. The number of benzene rings is 2. The molecule has 0 radical (unpaired) electrons. The first kappa shape index (κ1) is 18.2. The Morgan fingerprint density at radius 3 is 2.38 bits per heavy atom. The van der Waals surface area contributed by atoms with E-state index >= 15 is 0 Å². The molecule has 0 heterocycles. The minimum Gasteiger partial charge on any atom is -0.350 e. The first-order valence-corrected chi connectivity index (χ1v) is 9.45. The molecule has 0 aliphatic carbocycles. The van der Waals surface area contributed by atoms with E-state index in [0.717, 1.165) is 21.7 Å². The topological polar surface area (TPSA) is 66.5 Å². The molecule has 0 spiro atoms. The van der Waals surface area contributed by atoms with Crippen LogP contribution in [0.2, 0.25) is 0 Å². The number of nitrogens with one attached hydrogen (secondary N) is 1. The van der Waals surface area contributed by atoms with Gasteiger partial charge in [-0.2, -0.15) is 4.31 Å². The second kappa shape index (κ2) is 7.59. The summed E-state index contributed by atoms with van der Waals surface area (Å²) in [5, 5.41) is 2.83. The van der Waals surface area contributed by atoms with E-state index in [1.54, 1.807) is 24.3 Å². The molecule has 2 aromatic carbocycles. The van der Waals surface area contributed by atoms with Crippen molar-refractivity contribution in [2.75, 3.05) is 13.3 Å². The highest BCUT2D eigenvalue weighted by Gasteiger charge is 2.30. The maximum atomic E-state index is 12.7. The van der Waals surface area contributed by atoms with Gasteiger partial charge in [-0.25, -0.2) is 8.42 Å². The Bertz CT molecular complexity index is 804. The van der Waals surface area contributed by atoms with E-state index in [-0.39, 0.29) is 5.91 Å². The Labute approximate surface area is 143 Å². The van der Waals surface area contributed by atoms with Crippen LogP contribution in [0.5, 0.6) is 0 Å². The van der Waals surface area contributed by atoms with Crippen LogP contribution in [0, 0.1) is 6.92 Å². The Morgan fingerprint density at radius 1 is 1.12 bits per heavy atom. The van der Waals surface area contributed by atoms with Crippen LogP contribution >= 0.6 is 0 Å². The molecule has 0 aromatic heterocycles. The largest absolute Gasteiger partial charge is 0.350 e. The zero-order chi connectivity index (χ0) is 17.7. The molecule has 128 valence electrons. The number of hydrogen-bond donors (Lipinski definition) is 1. The van der Waals surface area contributed by atoms with Crippen LogP contribution in [0.3, 0.4) is 0 Å². The van der Waals surface area contributed by atoms with E-state index in [9.17, 15) is 13.2 Å². The summed E-state index contributed by atoms with van der Waals surface area (Å²) >= 11 is 0. The number of likely N-dealkylation sites (N-methyl/N-ethyl adjacent to an activating group) is 1. The van der Waals surface area contributed by atoms with E-state index < -0.39 is 16.1 Å². The molecule has 24 heavy (non-hydrogen) atoms. The fraction of sp³-hybridized carbons (Fsp3) is 0.278. The van der Waals surface area contributed by atoms with Crippen molar-refractivity contribution in [3.05, 3.63) is 71.3 Å². The van der Waals surface area contributed by atoms with Gasteiger partial charge in [-0.05, 0) is 18.1 Å². The summed E-state index contributed by atoms with van der Waals surface area (Å²) in [6.07, 6.45) is 1.09. The van der Waals surface area contributed by atoms with Gasteiger partial charge in [-0.3, -0.25) is 4.79 Å². The van der Waals surface area contributed by atoms with Crippen LogP contribution < -0.4 is 5.32 Å². The van der Waals surface area contributed by atoms with Gasteiger partial charge in [-0.15, -0.1) is 0 Å². The molecule has 1 atom stereocenters. The maximum absolute atomic E-state index is 12.7. The minimum absolute atomic E-state index is 0.349. The average molecular weight is 346 g/mol. The molecule has 1 amide bonds. The highest BCUT2D eigenvalue weighted by Crippen LogP contribution is 2.22. The van der Waals surface area contributed by atoms with Crippen molar-refractivity contribution < 1.29 is 13.2 Å².